The molecule has 0 saturated carbocycles. The van der Waals surface area contributed by atoms with Gasteiger partial charge in [-0.15, -0.1) is 0 Å². The number of carbonyl (C=O) groups excluding carboxylic acids is 1. The molecule has 0 amide bonds. The van der Waals surface area contributed by atoms with E-state index in [0.29, 0.717) is 5.78 Å². The zero-order chi connectivity index (χ0) is 14.5. The minimum absolute atomic E-state index is 0.0174. The maximum absolute atomic E-state index is 12.8. The van der Waals surface area contributed by atoms with Gasteiger partial charge >= 0.3 is 0 Å². The summed E-state index contributed by atoms with van der Waals surface area (Å²) in [5.41, 5.74) is -0.443. The van der Waals surface area contributed by atoms with Crippen molar-refractivity contribution in [3.8, 4) is 0 Å². The topological polar surface area (TPSA) is 26.3 Å². The maximum Gasteiger partial charge on any atom is 0.144 e. The van der Waals surface area contributed by atoms with Gasteiger partial charge in [0.2, 0.25) is 0 Å². The Kier molecular flexibility index (Phi) is 3.77. The van der Waals surface area contributed by atoms with Crippen LogP contribution in [0.3, 0.4) is 0 Å². The van der Waals surface area contributed by atoms with E-state index in [4.69, 9.17) is 4.74 Å². The molecule has 3 unspecified atom stereocenters. The fraction of sp³-hybridized carbons (Fsp3) is 0.938. The Bertz CT molecular complexity index is 328. The number of ether oxygens (including phenoxy) is 1. The Labute approximate surface area is 112 Å². The summed E-state index contributed by atoms with van der Waals surface area (Å²) in [5, 5.41) is 0. The van der Waals surface area contributed by atoms with Gasteiger partial charge in [0.05, 0.1) is 11.7 Å². The lowest BCUT2D eigenvalue weighted by Crippen LogP contribution is -2.59. The predicted octanol–water partition coefficient (Wildman–Crippen LogP) is 4.08. The van der Waals surface area contributed by atoms with Crippen molar-refractivity contribution in [1.82, 2.24) is 0 Å². The van der Waals surface area contributed by atoms with Gasteiger partial charge in [-0.2, -0.15) is 0 Å². The van der Waals surface area contributed by atoms with Crippen molar-refractivity contribution >= 4 is 5.78 Å². The normalized spacial score (nSPS) is 33.6. The van der Waals surface area contributed by atoms with Crippen molar-refractivity contribution in [2.45, 2.75) is 74.0 Å². The molecule has 18 heavy (non-hydrogen) atoms. The molecule has 106 valence electrons. The van der Waals surface area contributed by atoms with E-state index in [1.54, 1.807) is 0 Å². The van der Waals surface area contributed by atoms with Crippen LogP contribution in [0.25, 0.3) is 0 Å². The van der Waals surface area contributed by atoms with Crippen LogP contribution in [-0.2, 0) is 9.53 Å². The summed E-state index contributed by atoms with van der Waals surface area (Å²) in [6.07, 6.45) is -0.0174. The average Bonchev–Trinajstić information content (AvgIpc) is 2.09. The first kappa shape index (κ1) is 15.7. The maximum atomic E-state index is 12.8. The Balaban J connectivity index is 3.24. The largest absolute Gasteiger partial charge is 0.370 e. The molecular formula is C16H30O2. The smallest absolute Gasteiger partial charge is 0.144 e. The van der Waals surface area contributed by atoms with Crippen molar-refractivity contribution in [2.75, 3.05) is 0 Å². The van der Waals surface area contributed by atoms with Gasteiger partial charge in [0.1, 0.15) is 5.78 Å². The molecule has 0 N–H and O–H groups in total. The minimum Gasteiger partial charge on any atom is -0.370 e. The summed E-state index contributed by atoms with van der Waals surface area (Å²) in [6, 6.07) is 0. The van der Waals surface area contributed by atoms with Gasteiger partial charge in [-0.05, 0) is 24.7 Å². The molecule has 3 atom stereocenters. The van der Waals surface area contributed by atoms with Crippen LogP contribution in [0.5, 0.6) is 0 Å². The highest BCUT2D eigenvalue weighted by atomic mass is 16.5. The molecule has 0 spiro atoms. The second-order valence-electron chi connectivity index (χ2n) is 8.48. The summed E-state index contributed by atoms with van der Waals surface area (Å²) in [5.74, 6) is 0.291. The Morgan fingerprint density at radius 2 is 1.44 bits per heavy atom. The zero-order valence-corrected chi connectivity index (χ0v) is 13.5. The highest BCUT2D eigenvalue weighted by Gasteiger charge is 2.53. The molecule has 1 fully saturated rings. The van der Waals surface area contributed by atoms with Gasteiger partial charge < -0.3 is 4.74 Å². The summed E-state index contributed by atoms with van der Waals surface area (Å²) < 4.78 is 6.34. The van der Waals surface area contributed by atoms with Crippen molar-refractivity contribution in [3.63, 3.8) is 0 Å². The first-order valence-corrected chi connectivity index (χ1v) is 7.00. The lowest BCUT2D eigenvalue weighted by molar-refractivity contribution is -0.209. The molecule has 0 bridgehead atoms. The molecule has 0 aliphatic carbocycles. The molecule has 0 radical (unpaired) electrons. The quantitative estimate of drug-likeness (QED) is 0.651. The summed E-state index contributed by atoms with van der Waals surface area (Å²) in [7, 11) is 0. The standard InChI is InChI=1S/C16H30O2/c1-10-12(17)11(14(2,3)4)13(15(5,6)7)18-16(10,8)9/h10-11,13H,1-9H3. The molecule has 1 saturated heterocycles. The van der Waals surface area contributed by atoms with Crippen LogP contribution in [-0.4, -0.2) is 17.5 Å². The lowest BCUT2D eigenvalue weighted by Gasteiger charge is -2.52. The van der Waals surface area contributed by atoms with E-state index < -0.39 is 0 Å². The summed E-state index contributed by atoms with van der Waals surface area (Å²) in [6.45, 7) is 19.0. The third-order valence-electron chi connectivity index (χ3n) is 4.30. The van der Waals surface area contributed by atoms with Crippen molar-refractivity contribution < 1.29 is 9.53 Å². The van der Waals surface area contributed by atoms with Crippen LogP contribution in [0, 0.1) is 22.7 Å². The summed E-state index contributed by atoms with van der Waals surface area (Å²) in [4.78, 5) is 12.8. The molecular weight excluding hydrogens is 224 g/mol. The summed E-state index contributed by atoms with van der Waals surface area (Å²) >= 11 is 0. The Hall–Kier alpha value is -0.370. The number of rotatable bonds is 0. The van der Waals surface area contributed by atoms with E-state index >= 15 is 0 Å². The van der Waals surface area contributed by atoms with Crippen LogP contribution in [0.4, 0.5) is 0 Å². The van der Waals surface area contributed by atoms with Crippen LogP contribution in [0.2, 0.25) is 0 Å². The molecule has 1 rings (SSSR count). The van der Waals surface area contributed by atoms with E-state index in [9.17, 15) is 4.79 Å². The Morgan fingerprint density at radius 1 is 1.00 bits per heavy atom. The second kappa shape index (κ2) is 4.33. The number of hydrogen-bond acceptors (Lipinski definition) is 2. The average molecular weight is 254 g/mol. The number of Topliss-reactive ketones (excluding diaryl/α,β-unsaturated/α-hetero) is 1. The molecule has 1 heterocycles. The predicted molar refractivity (Wildman–Crippen MR) is 75.5 cm³/mol. The highest BCUT2D eigenvalue weighted by Crippen LogP contribution is 2.47. The van der Waals surface area contributed by atoms with Crippen LogP contribution in [0.1, 0.15) is 62.3 Å². The molecule has 0 aromatic carbocycles. The first-order valence-electron chi connectivity index (χ1n) is 7.00. The number of carbonyl (C=O) groups is 1. The molecule has 0 aromatic rings. The molecule has 1 aliphatic heterocycles. The van der Waals surface area contributed by atoms with Gasteiger partial charge in [0, 0.05) is 11.8 Å². The van der Waals surface area contributed by atoms with Crippen LogP contribution in [0.15, 0.2) is 0 Å². The third-order valence-corrected chi connectivity index (χ3v) is 4.30. The van der Waals surface area contributed by atoms with Gasteiger partial charge in [-0.25, -0.2) is 0 Å². The van der Waals surface area contributed by atoms with Crippen LogP contribution >= 0.6 is 0 Å². The molecule has 0 aromatic heterocycles. The fourth-order valence-corrected chi connectivity index (χ4v) is 2.82. The minimum atomic E-state index is -0.364. The van der Waals surface area contributed by atoms with Crippen LogP contribution < -0.4 is 0 Å². The first-order chi connectivity index (χ1) is 7.78. The lowest BCUT2D eigenvalue weighted by atomic mass is 9.62. The van der Waals surface area contributed by atoms with E-state index in [1.807, 2.05) is 20.8 Å². The van der Waals surface area contributed by atoms with E-state index in [-0.39, 0.29) is 34.4 Å². The molecule has 2 nitrogen and oxygen atoms in total. The molecule has 1 aliphatic rings. The van der Waals surface area contributed by atoms with Crippen molar-refractivity contribution in [2.24, 2.45) is 22.7 Å². The number of ketones is 1. The zero-order valence-electron chi connectivity index (χ0n) is 13.5. The van der Waals surface area contributed by atoms with Gasteiger partial charge in [-0.1, -0.05) is 48.5 Å². The highest BCUT2D eigenvalue weighted by molar-refractivity contribution is 5.86. The third kappa shape index (κ3) is 2.79. The van der Waals surface area contributed by atoms with Gasteiger partial charge in [0.15, 0.2) is 0 Å². The van der Waals surface area contributed by atoms with Crippen molar-refractivity contribution in [1.29, 1.82) is 0 Å². The molecule has 2 heteroatoms. The van der Waals surface area contributed by atoms with E-state index in [2.05, 4.69) is 41.5 Å². The van der Waals surface area contributed by atoms with Gasteiger partial charge in [0.25, 0.3) is 0 Å². The Morgan fingerprint density at radius 3 is 1.78 bits per heavy atom. The van der Waals surface area contributed by atoms with Gasteiger partial charge in [-0.3, -0.25) is 4.79 Å². The van der Waals surface area contributed by atoms with E-state index in [0.717, 1.165) is 0 Å². The fourth-order valence-electron chi connectivity index (χ4n) is 2.82. The van der Waals surface area contributed by atoms with E-state index in [1.165, 1.54) is 0 Å². The monoisotopic (exact) mass is 254 g/mol. The second-order valence-corrected chi connectivity index (χ2v) is 8.48. The number of hydrogen-bond donors (Lipinski definition) is 0. The SMILES string of the molecule is CC1C(=O)C(C(C)(C)C)C(C(C)(C)C)OC1(C)C. The van der Waals surface area contributed by atoms with Crippen molar-refractivity contribution in [3.05, 3.63) is 0 Å².